The van der Waals surface area contributed by atoms with Crippen LogP contribution < -0.4 is 10.6 Å². The lowest BCUT2D eigenvalue weighted by atomic mass is 10.1. The van der Waals surface area contributed by atoms with Gasteiger partial charge in [0.15, 0.2) is 0 Å². The molecule has 0 aliphatic carbocycles. The molecule has 0 unspecified atom stereocenters. The van der Waals surface area contributed by atoms with E-state index >= 15 is 0 Å². The van der Waals surface area contributed by atoms with Crippen molar-refractivity contribution in [3.63, 3.8) is 0 Å². The van der Waals surface area contributed by atoms with Crippen LogP contribution in [0.25, 0.3) is 0 Å². The average molecular weight is 196 g/mol. The minimum absolute atomic E-state index is 0.0844. The van der Waals surface area contributed by atoms with Crippen LogP contribution in [0.1, 0.15) is 17.8 Å². The molecule has 3 nitrogen and oxygen atoms in total. The third-order valence-corrected chi connectivity index (χ3v) is 3.04. The topological polar surface area (TPSA) is 41.1 Å². The smallest absolute Gasteiger partial charge is 0.242 e. The fourth-order valence-electron chi connectivity index (χ4n) is 1.45. The van der Waals surface area contributed by atoms with Gasteiger partial charge < -0.3 is 5.32 Å². The van der Waals surface area contributed by atoms with Gasteiger partial charge in [0.05, 0.1) is 0 Å². The van der Waals surface area contributed by atoms with Crippen LogP contribution in [0.15, 0.2) is 17.5 Å². The van der Waals surface area contributed by atoms with Crippen molar-refractivity contribution in [2.45, 2.75) is 19.0 Å². The summed E-state index contributed by atoms with van der Waals surface area (Å²) in [6.07, 6.45) is 0. The lowest BCUT2D eigenvalue weighted by Gasteiger charge is -2.27. The first-order chi connectivity index (χ1) is 6.27. The molecule has 2 rings (SSSR count). The Balaban J connectivity index is 2.13. The third kappa shape index (κ3) is 1.73. The number of thiophene rings is 1. The minimum Gasteiger partial charge on any atom is -0.351 e. The number of amides is 1. The first-order valence-corrected chi connectivity index (χ1v) is 5.22. The second kappa shape index (κ2) is 3.47. The Hall–Kier alpha value is -0.870. The zero-order valence-corrected chi connectivity index (χ0v) is 8.23. The van der Waals surface area contributed by atoms with Gasteiger partial charge in [0.2, 0.25) is 5.91 Å². The van der Waals surface area contributed by atoms with E-state index in [1.807, 2.05) is 24.4 Å². The number of hydrogen-bond donors (Lipinski definition) is 2. The summed E-state index contributed by atoms with van der Waals surface area (Å²) >= 11 is 1.61. The lowest BCUT2D eigenvalue weighted by molar-refractivity contribution is -0.125. The van der Waals surface area contributed by atoms with E-state index in [1.54, 1.807) is 11.3 Å². The first kappa shape index (κ1) is 8.72. The zero-order valence-electron chi connectivity index (χ0n) is 7.41. The van der Waals surface area contributed by atoms with Crippen molar-refractivity contribution >= 4 is 17.2 Å². The van der Waals surface area contributed by atoms with Crippen LogP contribution in [0.4, 0.5) is 0 Å². The number of piperazine rings is 1. The third-order valence-electron chi connectivity index (χ3n) is 2.11. The molecule has 70 valence electrons. The minimum atomic E-state index is -0.142. The van der Waals surface area contributed by atoms with Crippen molar-refractivity contribution in [2.24, 2.45) is 0 Å². The lowest BCUT2D eigenvalue weighted by Crippen LogP contribution is -2.52. The maximum absolute atomic E-state index is 11.5. The van der Waals surface area contributed by atoms with Crippen LogP contribution in [0.5, 0.6) is 0 Å². The molecular formula is C9H12N2OS. The van der Waals surface area contributed by atoms with Crippen molar-refractivity contribution < 1.29 is 4.79 Å². The zero-order chi connectivity index (χ0) is 9.26. The van der Waals surface area contributed by atoms with Gasteiger partial charge >= 0.3 is 0 Å². The maximum atomic E-state index is 11.5. The van der Waals surface area contributed by atoms with Crippen LogP contribution in [0.3, 0.4) is 0 Å². The largest absolute Gasteiger partial charge is 0.351 e. The molecule has 0 saturated carbocycles. The van der Waals surface area contributed by atoms with E-state index < -0.39 is 0 Å². The van der Waals surface area contributed by atoms with Crippen LogP contribution in [0, 0.1) is 0 Å². The van der Waals surface area contributed by atoms with Crippen molar-refractivity contribution in [1.29, 1.82) is 0 Å². The summed E-state index contributed by atoms with van der Waals surface area (Å²) in [5.41, 5.74) is 0. The molecule has 1 aromatic rings. The van der Waals surface area contributed by atoms with E-state index in [9.17, 15) is 4.79 Å². The summed E-state index contributed by atoms with van der Waals surface area (Å²) in [6.45, 7) is 2.84. The predicted octanol–water partition coefficient (Wildman–Crippen LogP) is 0.897. The van der Waals surface area contributed by atoms with Gasteiger partial charge in [-0.3, -0.25) is 10.1 Å². The fourth-order valence-corrected chi connectivity index (χ4v) is 2.25. The highest BCUT2D eigenvalue weighted by molar-refractivity contribution is 7.10. The molecule has 13 heavy (non-hydrogen) atoms. The van der Waals surface area contributed by atoms with Crippen molar-refractivity contribution in [3.8, 4) is 0 Å². The number of carbonyl (C=O) groups excluding carboxylic acids is 1. The van der Waals surface area contributed by atoms with Gasteiger partial charge in [-0.1, -0.05) is 6.07 Å². The van der Waals surface area contributed by atoms with Gasteiger partial charge in [0.25, 0.3) is 0 Å². The fraction of sp³-hybridized carbons (Fsp3) is 0.444. The van der Waals surface area contributed by atoms with E-state index in [-0.39, 0.29) is 18.0 Å². The number of carbonyl (C=O) groups is 1. The molecule has 2 heterocycles. The molecule has 0 bridgehead atoms. The molecule has 1 amide bonds. The van der Waals surface area contributed by atoms with Gasteiger partial charge in [0.1, 0.15) is 6.04 Å². The number of hydrogen-bond acceptors (Lipinski definition) is 3. The van der Waals surface area contributed by atoms with Crippen molar-refractivity contribution in [2.75, 3.05) is 6.54 Å². The van der Waals surface area contributed by atoms with Crippen LogP contribution in [0.2, 0.25) is 0 Å². The molecule has 1 aliphatic rings. The van der Waals surface area contributed by atoms with Crippen molar-refractivity contribution in [1.82, 2.24) is 10.6 Å². The standard InChI is InChI=1S/C9H12N2OS/c1-6-5-10-8(9(12)11-6)7-3-2-4-13-7/h2-4,6,8,10H,5H2,1H3,(H,11,12)/t6-,8+/m0/s1. The first-order valence-electron chi connectivity index (χ1n) is 4.34. The van der Waals surface area contributed by atoms with Crippen molar-refractivity contribution in [3.05, 3.63) is 22.4 Å². The Morgan fingerprint density at radius 1 is 1.62 bits per heavy atom. The molecule has 4 heteroatoms. The van der Waals surface area contributed by atoms with E-state index in [4.69, 9.17) is 0 Å². The Kier molecular flexibility index (Phi) is 2.33. The highest BCUT2D eigenvalue weighted by atomic mass is 32.1. The molecule has 1 saturated heterocycles. The molecular weight excluding hydrogens is 184 g/mol. The second-order valence-corrected chi connectivity index (χ2v) is 4.25. The quantitative estimate of drug-likeness (QED) is 0.700. The molecule has 2 N–H and O–H groups in total. The molecule has 0 radical (unpaired) electrons. The van der Waals surface area contributed by atoms with Crippen LogP contribution in [-0.2, 0) is 4.79 Å². The molecule has 0 spiro atoms. The SMILES string of the molecule is C[C@H]1CN[C@H](c2cccs2)C(=O)N1. The highest BCUT2D eigenvalue weighted by Gasteiger charge is 2.26. The Bertz CT molecular complexity index is 297. The van der Waals surface area contributed by atoms with Gasteiger partial charge in [-0.05, 0) is 18.4 Å². The monoisotopic (exact) mass is 196 g/mol. The Labute approximate surface area is 81.2 Å². The average Bonchev–Trinajstić information content (AvgIpc) is 2.56. The van der Waals surface area contributed by atoms with Gasteiger partial charge in [0, 0.05) is 17.5 Å². The summed E-state index contributed by atoms with van der Waals surface area (Å²) in [6, 6.07) is 4.05. The van der Waals surface area contributed by atoms with E-state index in [0.717, 1.165) is 11.4 Å². The molecule has 1 aliphatic heterocycles. The summed E-state index contributed by atoms with van der Waals surface area (Å²) < 4.78 is 0. The summed E-state index contributed by atoms with van der Waals surface area (Å²) in [5.74, 6) is 0.0844. The highest BCUT2D eigenvalue weighted by Crippen LogP contribution is 2.20. The summed E-state index contributed by atoms with van der Waals surface area (Å²) in [5, 5.41) is 8.13. The molecule has 0 aromatic carbocycles. The molecule has 1 aromatic heterocycles. The Morgan fingerprint density at radius 2 is 2.46 bits per heavy atom. The van der Waals surface area contributed by atoms with E-state index in [0.29, 0.717) is 0 Å². The van der Waals surface area contributed by atoms with Gasteiger partial charge in [-0.25, -0.2) is 0 Å². The number of rotatable bonds is 1. The normalized spacial score (nSPS) is 28.5. The van der Waals surface area contributed by atoms with Crippen LogP contribution in [-0.4, -0.2) is 18.5 Å². The second-order valence-electron chi connectivity index (χ2n) is 3.27. The number of nitrogens with one attached hydrogen (secondary N) is 2. The Morgan fingerprint density at radius 3 is 3.08 bits per heavy atom. The summed E-state index contributed by atoms with van der Waals surface area (Å²) in [7, 11) is 0. The van der Waals surface area contributed by atoms with Crippen LogP contribution >= 0.6 is 11.3 Å². The van der Waals surface area contributed by atoms with Gasteiger partial charge in [-0.2, -0.15) is 0 Å². The maximum Gasteiger partial charge on any atom is 0.242 e. The molecule has 1 fully saturated rings. The van der Waals surface area contributed by atoms with E-state index in [2.05, 4.69) is 10.6 Å². The molecule has 2 atom stereocenters. The predicted molar refractivity (Wildman–Crippen MR) is 52.7 cm³/mol. The van der Waals surface area contributed by atoms with E-state index in [1.165, 1.54) is 0 Å². The van der Waals surface area contributed by atoms with Gasteiger partial charge in [-0.15, -0.1) is 11.3 Å². The summed E-state index contributed by atoms with van der Waals surface area (Å²) in [4.78, 5) is 12.6.